The van der Waals surface area contributed by atoms with Gasteiger partial charge in [0.1, 0.15) is 0 Å². The topological polar surface area (TPSA) is 3.24 Å². The van der Waals surface area contributed by atoms with Crippen molar-refractivity contribution < 1.29 is 87.8 Å². The highest BCUT2D eigenvalue weighted by atomic mass is 19.2. The van der Waals surface area contributed by atoms with Gasteiger partial charge in [0, 0.05) is 28.8 Å². The van der Waals surface area contributed by atoms with E-state index in [1.54, 1.807) is 0 Å². The fourth-order valence-corrected chi connectivity index (χ4v) is 7.48. The van der Waals surface area contributed by atoms with Crippen molar-refractivity contribution in [1.29, 1.82) is 0 Å². The van der Waals surface area contributed by atoms with E-state index in [1.165, 1.54) is 0 Å². The van der Waals surface area contributed by atoms with Crippen molar-refractivity contribution in [3.8, 4) is 0 Å². The Kier molecular flexibility index (Phi) is 12.4. The number of halogens is 20. The van der Waals surface area contributed by atoms with Crippen LogP contribution in [0.15, 0.2) is 0 Å². The summed E-state index contributed by atoms with van der Waals surface area (Å²) in [6.45, 7) is 4.23. The van der Waals surface area contributed by atoms with Crippen molar-refractivity contribution in [2.24, 2.45) is 0 Å². The van der Waals surface area contributed by atoms with Crippen LogP contribution in [0.2, 0.25) is 0 Å². The zero-order chi connectivity index (χ0) is 43.7. The molecular formula is C36H23F20N. The maximum absolute atomic E-state index is 16.6. The minimum Gasteiger partial charge on any atom is -0.287 e. The van der Waals surface area contributed by atoms with Crippen LogP contribution in [-0.2, 0) is 11.0 Å². The molecule has 4 aromatic rings. The SMILES string of the molecule is CCC(C)N(C(C)CC)C(CC)(c1c(F)c(F)c(F)c(F)c1F)C(c1c(F)c(F)c(F)c(F)c1F)(c1c(F)c(F)c(F)c(F)c1F)c1c(F)c(F)c(F)c(F)c1F. The predicted octanol–water partition coefficient (Wildman–Crippen LogP) is 12.0. The van der Waals surface area contributed by atoms with Crippen molar-refractivity contribution in [2.75, 3.05) is 0 Å². The van der Waals surface area contributed by atoms with Gasteiger partial charge in [0.25, 0.3) is 0 Å². The van der Waals surface area contributed by atoms with E-state index in [1.807, 2.05) is 0 Å². The summed E-state index contributed by atoms with van der Waals surface area (Å²) >= 11 is 0. The molecule has 0 heterocycles. The van der Waals surface area contributed by atoms with E-state index < -0.39 is 181 Å². The first-order valence-corrected chi connectivity index (χ1v) is 16.2. The number of hydrogen-bond acceptors (Lipinski definition) is 1. The van der Waals surface area contributed by atoms with Crippen molar-refractivity contribution in [3.63, 3.8) is 0 Å². The Morgan fingerprint density at radius 2 is 0.491 bits per heavy atom. The lowest BCUT2D eigenvalue weighted by Crippen LogP contribution is -2.67. The van der Waals surface area contributed by atoms with Gasteiger partial charge in [-0.2, -0.15) is 0 Å². The third-order valence-corrected chi connectivity index (χ3v) is 10.1. The Labute approximate surface area is 308 Å². The van der Waals surface area contributed by atoms with E-state index >= 15 is 70.2 Å². The van der Waals surface area contributed by atoms with Gasteiger partial charge in [-0.25, -0.2) is 87.8 Å². The maximum Gasteiger partial charge on any atom is 0.200 e. The third-order valence-electron chi connectivity index (χ3n) is 10.1. The second kappa shape index (κ2) is 15.7. The lowest BCUT2D eigenvalue weighted by Gasteiger charge is -2.60. The van der Waals surface area contributed by atoms with Gasteiger partial charge in [-0.3, -0.25) is 4.90 Å². The monoisotopic (exact) mass is 849 g/mol. The molecule has 0 fully saturated rings. The van der Waals surface area contributed by atoms with Crippen molar-refractivity contribution >= 4 is 0 Å². The summed E-state index contributed by atoms with van der Waals surface area (Å²) in [7, 11) is 0. The summed E-state index contributed by atoms with van der Waals surface area (Å²) in [5.74, 6) is -67.7. The van der Waals surface area contributed by atoms with Crippen LogP contribution in [0.5, 0.6) is 0 Å². The molecule has 4 rings (SSSR count). The molecule has 1 nitrogen and oxygen atoms in total. The van der Waals surface area contributed by atoms with Crippen LogP contribution in [0, 0.1) is 116 Å². The lowest BCUT2D eigenvalue weighted by molar-refractivity contribution is -0.0439. The molecule has 0 amide bonds. The molecular weight excluding hydrogens is 826 g/mol. The summed E-state index contributed by atoms with van der Waals surface area (Å²) in [5, 5.41) is 0. The molecule has 0 radical (unpaired) electrons. The number of nitrogens with zero attached hydrogens (tertiary/aromatic N) is 1. The lowest BCUT2D eigenvalue weighted by atomic mass is 9.52. The first kappa shape index (κ1) is 45.1. The van der Waals surface area contributed by atoms with Gasteiger partial charge in [0.15, 0.2) is 93.1 Å². The normalized spacial score (nSPS) is 14.4. The molecule has 0 aliphatic rings. The molecule has 0 spiro atoms. The van der Waals surface area contributed by atoms with E-state index in [9.17, 15) is 17.6 Å². The summed E-state index contributed by atoms with van der Waals surface area (Å²) < 4.78 is 315. The van der Waals surface area contributed by atoms with E-state index in [0.717, 1.165) is 27.7 Å². The average molecular weight is 850 g/mol. The molecule has 0 aromatic heterocycles. The van der Waals surface area contributed by atoms with Gasteiger partial charge in [-0.15, -0.1) is 0 Å². The Hall–Kier alpha value is -4.56. The van der Waals surface area contributed by atoms with Gasteiger partial charge in [0.05, 0.1) is 16.5 Å². The smallest absolute Gasteiger partial charge is 0.200 e. The van der Waals surface area contributed by atoms with Gasteiger partial charge < -0.3 is 0 Å². The Morgan fingerprint density at radius 1 is 0.316 bits per heavy atom. The third kappa shape index (κ3) is 5.94. The van der Waals surface area contributed by atoms with E-state index in [4.69, 9.17) is 0 Å². The first-order valence-electron chi connectivity index (χ1n) is 16.2. The molecule has 4 aromatic carbocycles. The molecule has 0 aliphatic carbocycles. The largest absolute Gasteiger partial charge is 0.287 e. The van der Waals surface area contributed by atoms with Crippen LogP contribution in [0.4, 0.5) is 87.8 Å². The standard InChI is InChI=1S/C36H23F20N/c1-6-9(4)57(10(5)7-2)35(8-3,11-15(37)23(45)31(53)24(46)16(11)38)36(12-17(39)25(47)32(54)26(48)18(12)40,13-19(41)27(49)33(55)28(50)20(13)42)14-21(43)29(51)34(56)30(52)22(14)44/h9-10H,6-8H2,1-5H3. The minimum atomic E-state index is -5.75. The van der Waals surface area contributed by atoms with Crippen molar-refractivity contribution in [1.82, 2.24) is 4.90 Å². The average Bonchev–Trinajstić information content (AvgIpc) is 3.19. The predicted molar refractivity (Wildman–Crippen MR) is 158 cm³/mol. The number of rotatable bonds is 11. The Morgan fingerprint density at radius 3 is 0.667 bits per heavy atom. The minimum absolute atomic E-state index is 0.152. The summed E-state index contributed by atoms with van der Waals surface area (Å²) in [4.78, 5) is 0.152. The summed E-state index contributed by atoms with van der Waals surface area (Å²) in [5.41, 5.74) is -23.3. The molecule has 312 valence electrons. The Balaban J connectivity index is 2.89. The van der Waals surface area contributed by atoms with Gasteiger partial charge >= 0.3 is 0 Å². The number of hydrogen-bond donors (Lipinski definition) is 0. The van der Waals surface area contributed by atoms with Gasteiger partial charge in [-0.05, 0) is 33.1 Å². The van der Waals surface area contributed by atoms with Crippen LogP contribution < -0.4 is 0 Å². The fraction of sp³-hybridized carbons (Fsp3) is 0.333. The molecule has 21 heteroatoms. The van der Waals surface area contributed by atoms with Crippen LogP contribution >= 0.6 is 0 Å². The molecule has 0 saturated heterocycles. The summed E-state index contributed by atoms with van der Waals surface area (Å²) in [6, 6.07) is -3.75. The molecule has 0 aliphatic heterocycles. The quantitative estimate of drug-likeness (QED) is 0.0629. The van der Waals surface area contributed by atoms with Crippen LogP contribution in [0.1, 0.15) is 76.1 Å². The summed E-state index contributed by atoms with van der Waals surface area (Å²) in [6.07, 6.45) is -3.25. The molecule has 0 N–H and O–H groups in total. The molecule has 3 atom stereocenters. The second-order valence-corrected chi connectivity index (χ2v) is 12.7. The van der Waals surface area contributed by atoms with Gasteiger partial charge in [0.2, 0.25) is 23.3 Å². The highest BCUT2D eigenvalue weighted by Gasteiger charge is 2.69. The number of benzene rings is 4. The first-order chi connectivity index (χ1) is 26.4. The molecule has 3 unspecified atom stereocenters. The zero-order valence-corrected chi connectivity index (χ0v) is 29.3. The second-order valence-electron chi connectivity index (χ2n) is 12.7. The highest BCUT2D eigenvalue weighted by molar-refractivity contribution is 5.61. The van der Waals surface area contributed by atoms with E-state index in [-0.39, 0.29) is 4.90 Å². The van der Waals surface area contributed by atoms with Crippen LogP contribution in [-0.4, -0.2) is 17.0 Å². The van der Waals surface area contributed by atoms with E-state index in [2.05, 4.69) is 0 Å². The Bertz CT molecular complexity index is 2000. The van der Waals surface area contributed by atoms with E-state index in [0.29, 0.717) is 6.92 Å². The van der Waals surface area contributed by atoms with Crippen molar-refractivity contribution in [2.45, 2.75) is 76.9 Å². The molecule has 0 bridgehead atoms. The highest BCUT2D eigenvalue weighted by Crippen LogP contribution is 2.63. The van der Waals surface area contributed by atoms with Crippen molar-refractivity contribution in [3.05, 3.63) is 139 Å². The van der Waals surface area contributed by atoms with Crippen LogP contribution in [0.3, 0.4) is 0 Å². The zero-order valence-electron chi connectivity index (χ0n) is 29.3. The fourth-order valence-electron chi connectivity index (χ4n) is 7.48. The molecule has 57 heavy (non-hydrogen) atoms. The van der Waals surface area contributed by atoms with Crippen LogP contribution in [0.25, 0.3) is 0 Å². The maximum atomic E-state index is 16.6. The molecule has 0 saturated carbocycles. The van der Waals surface area contributed by atoms with Gasteiger partial charge in [-0.1, -0.05) is 20.8 Å².